The molecule has 0 aliphatic carbocycles. The van der Waals surface area contributed by atoms with Gasteiger partial charge in [-0.2, -0.15) is 0 Å². The molecule has 74 valence electrons. The Bertz CT molecular complexity index is 347. The molecule has 1 unspecified atom stereocenters. The minimum absolute atomic E-state index is 0.129. The third kappa shape index (κ3) is 2.42. The van der Waals surface area contributed by atoms with Gasteiger partial charge in [0, 0.05) is 18.5 Å². The molecule has 3 heteroatoms. The highest BCUT2D eigenvalue weighted by Crippen LogP contribution is 2.22. The third-order valence-corrected chi connectivity index (χ3v) is 1.97. The van der Waals surface area contributed by atoms with E-state index in [2.05, 4.69) is 5.32 Å². The summed E-state index contributed by atoms with van der Waals surface area (Å²) in [5, 5.41) is 2.69. The molecule has 3 nitrogen and oxygen atoms in total. The number of benzene rings is 1. The van der Waals surface area contributed by atoms with Gasteiger partial charge in [-0.05, 0) is 11.6 Å². The summed E-state index contributed by atoms with van der Waals surface area (Å²) in [4.78, 5) is 21.5. The number of anilines is 1. The number of para-hydroxylation sites is 1. The van der Waals surface area contributed by atoms with E-state index >= 15 is 0 Å². The summed E-state index contributed by atoms with van der Waals surface area (Å²) in [6.07, 6.45) is 0.862. The first-order valence-corrected chi connectivity index (χ1v) is 4.47. The second kappa shape index (κ2) is 4.56. The average Bonchev–Trinajstić information content (AvgIpc) is 2.16. The summed E-state index contributed by atoms with van der Waals surface area (Å²) in [5.74, 6) is -0.325. The highest BCUT2D eigenvalue weighted by atomic mass is 16.1. The van der Waals surface area contributed by atoms with E-state index in [1.165, 1.54) is 6.92 Å². The number of aldehydes is 1. The van der Waals surface area contributed by atoms with Crippen molar-refractivity contribution in [3.05, 3.63) is 29.8 Å². The van der Waals surface area contributed by atoms with Crippen LogP contribution in [0.2, 0.25) is 0 Å². The first-order chi connectivity index (χ1) is 6.65. The molecule has 0 aromatic heterocycles. The van der Waals surface area contributed by atoms with Crippen molar-refractivity contribution in [1.82, 2.24) is 0 Å². The summed E-state index contributed by atoms with van der Waals surface area (Å²) in [5.41, 5.74) is 1.55. The summed E-state index contributed by atoms with van der Waals surface area (Å²) in [6, 6.07) is 7.30. The molecule has 1 atom stereocenters. The Hall–Kier alpha value is -1.64. The molecule has 0 aliphatic heterocycles. The Morgan fingerprint density at radius 2 is 2.07 bits per heavy atom. The van der Waals surface area contributed by atoms with Crippen molar-refractivity contribution in [2.45, 2.75) is 19.8 Å². The minimum Gasteiger partial charge on any atom is -0.326 e. The van der Waals surface area contributed by atoms with E-state index in [1.54, 1.807) is 13.0 Å². The summed E-state index contributed by atoms with van der Waals surface area (Å²) < 4.78 is 0. The number of amides is 1. The van der Waals surface area contributed by atoms with E-state index in [1.807, 2.05) is 18.2 Å². The second-order valence-corrected chi connectivity index (χ2v) is 3.19. The molecule has 0 saturated carbocycles. The van der Waals surface area contributed by atoms with Crippen molar-refractivity contribution in [2.24, 2.45) is 0 Å². The molecule has 0 fully saturated rings. The molecule has 0 radical (unpaired) electrons. The van der Waals surface area contributed by atoms with E-state index in [0.29, 0.717) is 5.69 Å². The van der Waals surface area contributed by atoms with Gasteiger partial charge >= 0.3 is 0 Å². The van der Waals surface area contributed by atoms with Crippen molar-refractivity contribution in [2.75, 3.05) is 5.32 Å². The van der Waals surface area contributed by atoms with E-state index < -0.39 is 0 Å². The van der Waals surface area contributed by atoms with Gasteiger partial charge in [0.25, 0.3) is 0 Å². The van der Waals surface area contributed by atoms with Gasteiger partial charge < -0.3 is 10.1 Å². The predicted octanol–water partition coefficient (Wildman–Crippen LogP) is 1.95. The maximum Gasteiger partial charge on any atom is 0.221 e. The number of carbonyl (C=O) groups excluding carboxylic acids is 2. The first kappa shape index (κ1) is 10.4. The van der Waals surface area contributed by atoms with Crippen LogP contribution in [0.15, 0.2) is 24.3 Å². The number of hydrogen-bond donors (Lipinski definition) is 1. The van der Waals surface area contributed by atoms with E-state index in [9.17, 15) is 9.59 Å². The lowest BCUT2D eigenvalue weighted by Gasteiger charge is -2.11. The van der Waals surface area contributed by atoms with Gasteiger partial charge in [-0.25, -0.2) is 0 Å². The molecule has 0 heterocycles. The van der Waals surface area contributed by atoms with Gasteiger partial charge in [-0.15, -0.1) is 0 Å². The topological polar surface area (TPSA) is 46.2 Å². The normalized spacial score (nSPS) is 11.9. The molecule has 0 saturated heterocycles. The second-order valence-electron chi connectivity index (χ2n) is 3.19. The van der Waals surface area contributed by atoms with Gasteiger partial charge in [0.15, 0.2) is 0 Å². The molecular formula is C11H13NO2. The van der Waals surface area contributed by atoms with Gasteiger partial charge in [-0.1, -0.05) is 25.1 Å². The van der Waals surface area contributed by atoms with Gasteiger partial charge in [0.2, 0.25) is 5.91 Å². The fourth-order valence-electron chi connectivity index (χ4n) is 1.27. The van der Waals surface area contributed by atoms with Gasteiger partial charge in [0.1, 0.15) is 6.29 Å². The minimum atomic E-state index is -0.196. The molecule has 0 spiro atoms. The van der Waals surface area contributed by atoms with Crippen LogP contribution in [0, 0.1) is 0 Å². The Morgan fingerprint density at radius 3 is 2.64 bits per heavy atom. The third-order valence-electron chi connectivity index (χ3n) is 1.97. The van der Waals surface area contributed by atoms with E-state index in [-0.39, 0.29) is 11.8 Å². The molecule has 1 aromatic rings. The Morgan fingerprint density at radius 1 is 1.43 bits per heavy atom. The lowest BCUT2D eigenvalue weighted by Crippen LogP contribution is -2.09. The predicted molar refractivity (Wildman–Crippen MR) is 55.2 cm³/mol. The maximum absolute atomic E-state index is 10.9. The molecule has 1 amide bonds. The van der Waals surface area contributed by atoms with Crippen LogP contribution in [-0.2, 0) is 9.59 Å². The van der Waals surface area contributed by atoms with Crippen LogP contribution in [0.3, 0.4) is 0 Å². The number of hydrogen-bond acceptors (Lipinski definition) is 2. The number of nitrogens with one attached hydrogen (secondary N) is 1. The molecule has 1 rings (SSSR count). The van der Waals surface area contributed by atoms with Crippen LogP contribution in [0.4, 0.5) is 5.69 Å². The number of rotatable bonds is 3. The Labute approximate surface area is 83.1 Å². The molecule has 0 bridgehead atoms. The smallest absolute Gasteiger partial charge is 0.221 e. The zero-order valence-corrected chi connectivity index (χ0v) is 8.28. The van der Waals surface area contributed by atoms with Crippen molar-refractivity contribution < 1.29 is 9.59 Å². The molecule has 0 aliphatic rings. The van der Waals surface area contributed by atoms with Gasteiger partial charge in [-0.3, -0.25) is 4.79 Å². The van der Waals surface area contributed by atoms with E-state index in [4.69, 9.17) is 0 Å². The zero-order chi connectivity index (χ0) is 10.6. The monoisotopic (exact) mass is 191 g/mol. The van der Waals surface area contributed by atoms with Crippen LogP contribution < -0.4 is 5.32 Å². The van der Waals surface area contributed by atoms with Crippen LogP contribution in [0.1, 0.15) is 25.3 Å². The first-order valence-electron chi connectivity index (χ1n) is 4.47. The van der Waals surface area contributed by atoms with Crippen LogP contribution >= 0.6 is 0 Å². The summed E-state index contributed by atoms with van der Waals surface area (Å²) in [7, 11) is 0. The van der Waals surface area contributed by atoms with Crippen molar-refractivity contribution in [3.63, 3.8) is 0 Å². The van der Waals surface area contributed by atoms with Crippen molar-refractivity contribution >= 4 is 17.9 Å². The van der Waals surface area contributed by atoms with Crippen molar-refractivity contribution in [3.8, 4) is 0 Å². The van der Waals surface area contributed by atoms with Crippen molar-refractivity contribution in [1.29, 1.82) is 0 Å². The van der Waals surface area contributed by atoms with Crippen LogP contribution in [0.25, 0.3) is 0 Å². The van der Waals surface area contributed by atoms with Crippen LogP contribution in [0.5, 0.6) is 0 Å². The average molecular weight is 191 g/mol. The highest BCUT2D eigenvalue weighted by molar-refractivity contribution is 5.90. The Balaban J connectivity index is 3.02. The zero-order valence-electron chi connectivity index (χ0n) is 8.28. The SMILES string of the molecule is CC(=O)Nc1ccccc1C(C)C=O. The fraction of sp³-hybridized carbons (Fsp3) is 0.273. The largest absolute Gasteiger partial charge is 0.326 e. The molecular weight excluding hydrogens is 178 g/mol. The molecule has 1 aromatic carbocycles. The highest BCUT2D eigenvalue weighted by Gasteiger charge is 2.09. The van der Waals surface area contributed by atoms with Gasteiger partial charge in [0.05, 0.1) is 0 Å². The molecule has 14 heavy (non-hydrogen) atoms. The maximum atomic E-state index is 10.9. The van der Waals surface area contributed by atoms with E-state index in [0.717, 1.165) is 11.8 Å². The van der Waals surface area contributed by atoms with Crippen LogP contribution in [-0.4, -0.2) is 12.2 Å². The summed E-state index contributed by atoms with van der Waals surface area (Å²) in [6.45, 7) is 3.25. The molecule has 1 N–H and O–H groups in total. The fourth-order valence-corrected chi connectivity index (χ4v) is 1.27. The number of carbonyl (C=O) groups is 2. The summed E-state index contributed by atoms with van der Waals surface area (Å²) >= 11 is 0. The lowest BCUT2D eigenvalue weighted by atomic mass is 10.0. The lowest BCUT2D eigenvalue weighted by molar-refractivity contribution is -0.114. The standard InChI is InChI=1S/C11H13NO2/c1-8(7-13)10-5-3-4-6-11(10)12-9(2)14/h3-8H,1-2H3,(H,12,14). The Kier molecular flexibility index (Phi) is 3.40. The quantitative estimate of drug-likeness (QED) is 0.742.